The van der Waals surface area contributed by atoms with Crippen molar-refractivity contribution in [3.63, 3.8) is 0 Å². The van der Waals surface area contributed by atoms with Crippen LogP contribution >= 0.6 is 0 Å². The van der Waals surface area contributed by atoms with E-state index in [2.05, 4.69) is 27.1 Å². The zero-order valence-corrected chi connectivity index (χ0v) is 12.9. The van der Waals surface area contributed by atoms with Crippen molar-refractivity contribution in [2.75, 3.05) is 25.0 Å². The fraction of sp³-hybridized carbons (Fsp3) is 0.750. The molecule has 116 valence electrons. The van der Waals surface area contributed by atoms with Crippen LogP contribution in [0.1, 0.15) is 44.7 Å². The summed E-state index contributed by atoms with van der Waals surface area (Å²) in [4.78, 5) is 11.5. The zero-order chi connectivity index (χ0) is 14.5. The maximum absolute atomic E-state index is 5.93. The average molecular weight is 290 g/mol. The van der Waals surface area contributed by atoms with E-state index in [9.17, 15) is 0 Å². The summed E-state index contributed by atoms with van der Waals surface area (Å²) >= 11 is 0. The van der Waals surface area contributed by atoms with E-state index in [1.165, 1.54) is 25.7 Å². The molecule has 1 saturated heterocycles. The summed E-state index contributed by atoms with van der Waals surface area (Å²) in [5.41, 5.74) is 1.06. The minimum atomic E-state index is 0.436. The van der Waals surface area contributed by atoms with E-state index in [0.29, 0.717) is 12.1 Å². The van der Waals surface area contributed by atoms with Crippen LogP contribution in [0.25, 0.3) is 0 Å². The van der Waals surface area contributed by atoms with E-state index < -0.39 is 0 Å². The van der Waals surface area contributed by atoms with E-state index in [1.807, 2.05) is 12.4 Å². The Kier molecular flexibility index (Phi) is 5.04. The number of nitrogens with one attached hydrogen (secondary N) is 1. The van der Waals surface area contributed by atoms with Gasteiger partial charge in [0, 0.05) is 25.7 Å². The lowest BCUT2D eigenvalue weighted by atomic mass is 9.90. The van der Waals surface area contributed by atoms with Crippen LogP contribution in [0.15, 0.2) is 12.4 Å². The first-order valence-electron chi connectivity index (χ1n) is 8.27. The van der Waals surface area contributed by atoms with Gasteiger partial charge in [0.15, 0.2) is 0 Å². The molecule has 0 radical (unpaired) electrons. The number of fused-ring (bicyclic) bond motifs is 1. The lowest BCUT2D eigenvalue weighted by Crippen LogP contribution is -2.52. The van der Waals surface area contributed by atoms with Gasteiger partial charge in [0.2, 0.25) is 0 Å². The standard InChI is InChI=1S/C16H26N4O/c1-2-7-17-16-11-18-13(10-19-16)12-20-8-9-21-15-6-4-3-5-14(15)20/h10-11,14-15H,2-9,12H2,1H3,(H,17,19). The van der Waals surface area contributed by atoms with Gasteiger partial charge in [-0.15, -0.1) is 0 Å². The van der Waals surface area contributed by atoms with Gasteiger partial charge in [-0.3, -0.25) is 9.88 Å². The molecule has 21 heavy (non-hydrogen) atoms. The molecule has 1 aliphatic carbocycles. The van der Waals surface area contributed by atoms with Gasteiger partial charge in [0.05, 0.1) is 30.8 Å². The van der Waals surface area contributed by atoms with Gasteiger partial charge >= 0.3 is 0 Å². The fourth-order valence-corrected chi connectivity index (χ4v) is 3.36. The van der Waals surface area contributed by atoms with Crippen molar-refractivity contribution in [3.8, 4) is 0 Å². The largest absolute Gasteiger partial charge is 0.375 e. The monoisotopic (exact) mass is 290 g/mol. The highest BCUT2D eigenvalue weighted by molar-refractivity contribution is 5.30. The van der Waals surface area contributed by atoms with Gasteiger partial charge < -0.3 is 10.1 Å². The molecular weight excluding hydrogens is 264 g/mol. The molecule has 1 N–H and O–H groups in total. The smallest absolute Gasteiger partial charge is 0.144 e. The summed E-state index contributed by atoms with van der Waals surface area (Å²) in [7, 11) is 0. The zero-order valence-electron chi connectivity index (χ0n) is 12.9. The first-order chi connectivity index (χ1) is 10.4. The van der Waals surface area contributed by atoms with Crippen molar-refractivity contribution in [3.05, 3.63) is 18.1 Å². The Morgan fingerprint density at radius 2 is 2.19 bits per heavy atom. The second-order valence-corrected chi connectivity index (χ2v) is 6.05. The van der Waals surface area contributed by atoms with Crippen molar-refractivity contribution in [2.45, 2.75) is 57.7 Å². The number of ether oxygens (including phenoxy) is 1. The number of aromatic nitrogens is 2. The molecule has 2 heterocycles. The molecule has 2 fully saturated rings. The molecule has 1 aliphatic heterocycles. The number of nitrogens with zero attached hydrogens (tertiary/aromatic N) is 3. The molecule has 0 bridgehead atoms. The average Bonchev–Trinajstić information content (AvgIpc) is 2.55. The molecule has 0 aromatic carbocycles. The van der Waals surface area contributed by atoms with Crippen molar-refractivity contribution < 1.29 is 4.74 Å². The van der Waals surface area contributed by atoms with Crippen LogP contribution in [0.5, 0.6) is 0 Å². The van der Waals surface area contributed by atoms with Gasteiger partial charge in [0.1, 0.15) is 5.82 Å². The Labute approximate surface area is 127 Å². The van der Waals surface area contributed by atoms with E-state index in [1.54, 1.807) is 0 Å². The van der Waals surface area contributed by atoms with Gasteiger partial charge in [-0.1, -0.05) is 19.8 Å². The third-order valence-corrected chi connectivity index (χ3v) is 4.47. The first-order valence-corrected chi connectivity index (χ1v) is 8.27. The normalized spacial score (nSPS) is 26.3. The quantitative estimate of drug-likeness (QED) is 0.902. The molecule has 1 aromatic heterocycles. The van der Waals surface area contributed by atoms with Gasteiger partial charge in [-0.2, -0.15) is 0 Å². The van der Waals surface area contributed by atoms with E-state index >= 15 is 0 Å². The number of anilines is 1. The molecule has 5 nitrogen and oxygen atoms in total. The van der Waals surface area contributed by atoms with Crippen LogP contribution in [0.2, 0.25) is 0 Å². The summed E-state index contributed by atoms with van der Waals surface area (Å²) in [6.45, 7) is 5.85. The highest BCUT2D eigenvalue weighted by Gasteiger charge is 2.34. The lowest BCUT2D eigenvalue weighted by Gasteiger charge is -2.43. The van der Waals surface area contributed by atoms with Crippen molar-refractivity contribution in [1.29, 1.82) is 0 Å². The SMILES string of the molecule is CCCNc1cnc(CN2CCOC3CCCCC32)cn1. The van der Waals surface area contributed by atoms with Crippen molar-refractivity contribution in [2.24, 2.45) is 0 Å². The fourth-order valence-electron chi connectivity index (χ4n) is 3.36. The predicted octanol–water partition coefficient (Wildman–Crippen LogP) is 2.44. The van der Waals surface area contributed by atoms with E-state index in [0.717, 1.165) is 44.2 Å². The second-order valence-electron chi connectivity index (χ2n) is 6.05. The Morgan fingerprint density at radius 1 is 1.29 bits per heavy atom. The first kappa shape index (κ1) is 14.7. The maximum Gasteiger partial charge on any atom is 0.144 e. The third-order valence-electron chi connectivity index (χ3n) is 4.47. The minimum absolute atomic E-state index is 0.436. The van der Waals surface area contributed by atoms with Gasteiger partial charge in [-0.25, -0.2) is 4.98 Å². The van der Waals surface area contributed by atoms with Crippen LogP contribution in [-0.4, -0.2) is 46.7 Å². The van der Waals surface area contributed by atoms with Crippen molar-refractivity contribution >= 4 is 5.82 Å². The summed E-state index contributed by atoms with van der Waals surface area (Å²) < 4.78 is 5.93. The van der Waals surface area contributed by atoms with Crippen LogP contribution in [-0.2, 0) is 11.3 Å². The summed E-state index contributed by atoms with van der Waals surface area (Å²) in [6, 6.07) is 0.576. The molecule has 2 atom stereocenters. The number of rotatable bonds is 5. The molecular formula is C16H26N4O. The van der Waals surface area contributed by atoms with Gasteiger partial charge in [0.25, 0.3) is 0 Å². The topological polar surface area (TPSA) is 50.3 Å². The lowest BCUT2D eigenvalue weighted by molar-refractivity contribution is -0.0914. The molecule has 3 rings (SSSR count). The Balaban J connectivity index is 1.59. The predicted molar refractivity (Wildman–Crippen MR) is 83.2 cm³/mol. The highest BCUT2D eigenvalue weighted by atomic mass is 16.5. The Bertz CT molecular complexity index is 434. The highest BCUT2D eigenvalue weighted by Crippen LogP contribution is 2.29. The van der Waals surface area contributed by atoms with Crippen LogP contribution in [0.3, 0.4) is 0 Å². The van der Waals surface area contributed by atoms with Crippen LogP contribution in [0, 0.1) is 0 Å². The molecule has 5 heteroatoms. The van der Waals surface area contributed by atoms with E-state index in [4.69, 9.17) is 4.74 Å². The maximum atomic E-state index is 5.93. The summed E-state index contributed by atoms with van der Waals surface area (Å²) in [6.07, 6.45) is 10.4. The van der Waals surface area contributed by atoms with Gasteiger partial charge in [-0.05, 0) is 19.3 Å². The molecule has 0 amide bonds. The summed E-state index contributed by atoms with van der Waals surface area (Å²) in [5.74, 6) is 0.873. The number of hydrogen-bond acceptors (Lipinski definition) is 5. The molecule has 1 saturated carbocycles. The Morgan fingerprint density at radius 3 is 3.00 bits per heavy atom. The molecule has 2 unspecified atom stereocenters. The third kappa shape index (κ3) is 3.71. The molecule has 1 aromatic rings. The number of hydrogen-bond donors (Lipinski definition) is 1. The number of morpholine rings is 1. The van der Waals surface area contributed by atoms with Crippen molar-refractivity contribution in [1.82, 2.24) is 14.9 Å². The van der Waals surface area contributed by atoms with E-state index in [-0.39, 0.29) is 0 Å². The van der Waals surface area contributed by atoms with Crippen LogP contribution in [0.4, 0.5) is 5.82 Å². The summed E-state index contributed by atoms with van der Waals surface area (Å²) in [5, 5.41) is 3.26. The van der Waals surface area contributed by atoms with Crippen LogP contribution < -0.4 is 5.32 Å². The molecule has 2 aliphatic rings. The molecule has 0 spiro atoms. The second kappa shape index (κ2) is 7.18. The minimum Gasteiger partial charge on any atom is -0.375 e. The Hall–Kier alpha value is -1.20.